The summed E-state index contributed by atoms with van der Waals surface area (Å²) in [7, 11) is -2.33. The maximum Gasteiger partial charge on any atom is 0.266 e. The fourth-order valence-corrected chi connectivity index (χ4v) is 6.75. The molecule has 180 valence electrons. The van der Waals surface area contributed by atoms with Crippen molar-refractivity contribution in [2.45, 2.75) is 37.2 Å². The number of sulfonamides is 1. The Morgan fingerprint density at radius 3 is 2.65 bits per heavy atom. The molecular formula is C24H27N3O5S2. The zero-order chi connectivity index (χ0) is 24.3. The van der Waals surface area contributed by atoms with Gasteiger partial charge < -0.3 is 14.0 Å². The van der Waals surface area contributed by atoms with Crippen LogP contribution in [0.25, 0.3) is 10.2 Å². The second-order valence-electron chi connectivity index (χ2n) is 7.75. The van der Waals surface area contributed by atoms with Gasteiger partial charge in [0.1, 0.15) is 17.5 Å². The first-order valence-corrected chi connectivity index (χ1v) is 13.3. The number of carbonyl (C=O) groups excluding carboxylic acids is 1. The van der Waals surface area contributed by atoms with Gasteiger partial charge in [-0.3, -0.25) is 4.79 Å². The topological polar surface area (TPSA) is 90.2 Å². The van der Waals surface area contributed by atoms with E-state index in [2.05, 4.69) is 11.6 Å². The van der Waals surface area contributed by atoms with Crippen LogP contribution in [0.1, 0.15) is 19.8 Å². The van der Waals surface area contributed by atoms with Crippen LogP contribution in [-0.4, -0.2) is 49.5 Å². The minimum atomic E-state index is -3.85. The quantitative estimate of drug-likeness (QED) is 0.440. The highest BCUT2D eigenvalue weighted by Crippen LogP contribution is 2.28. The number of methoxy groups -OCH3 is 1. The van der Waals surface area contributed by atoms with Crippen molar-refractivity contribution in [2.24, 2.45) is 4.99 Å². The number of allylic oxidation sites excluding steroid dienone is 1. The molecule has 1 aliphatic rings. The fraction of sp³-hybridized carbons (Fsp3) is 0.333. The molecular weight excluding hydrogens is 474 g/mol. The molecule has 10 heteroatoms. The highest BCUT2D eigenvalue weighted by atomic mass is 32.2. The van der Waals surface area contributed by atoms with Crippen molar-refractivity contribution in [3.63, 3.8) is 0 Å². The third-order valence-corrected chi connectivity index (χ3v) is 8.60. The molecule has 0 N–H and O–H groups in total. The molecule has 8 nitrogen and oxygen atoms in total. The third kappa shape index (κ3) is 4.66. The summed E-state index contributed by atoms with van der Waals surface area (Å²) >= 11 is 1.37. The number of hydrogen-bond donors (Lipinski definition) is 0. The van der Waals surface area contributed by atoms with Crippen LogP contribution in [0.2, 0.25) is 0 Å². The largest absolute Gasteiger partial charge is 0.497 e. The van der Waals surface area contributed by atoms with E-state index in [0.29, 0.717) is 36.5 Å². The van der Waals surface area contributed by atoms with E-state index in [-0.39, 0.29) is 11.4 Å². The lowest BCUT2D eigenvalue weighted by Crippen LogP contribution is -2.40. The normalized spacial score (nSPS) is 17.2. The lowest BCUT2D eigenvalue weighted by atomic mass is 10.2. The molecule has 0 spiro atoms. The molecule has 1 aromatic heterocycles. The zero-order valence-corrected chi connectivity index (χ0v) is 20.8. The molecule has 0 bridgehead atoms. The monoisotopic (exact) mass is 501 g/mol. The summed E-state index contributed by atoms with van der Waals surface area (Å²) in [5.74, 6) is 0.837. The Labute approximate surface area is 202 Å². The van der Waals surface area contributed by atoms with Crippen LogP contribution in [0.4, 0.5) is 0 Å². The van der Waals surface area contributed by atoms with Crippen molar-refractivity contribution >= 4 is 37.5 Å². The minimum absolute atomic E-state index is 0.125. The summed E-state index contributed by atoms with van der Waals surface area (Å²) in [6.45, 7) is 7.03. The average Bonchev–Trinajstić information content (AvgIpc) is 3.45. The molecule has 4 rings (SSSR count). The van der Waals surface area contributed by atoms with Crippen molar-refractivity contribution in [2.75, 3.05) is 20.3 Å². The van der Waals surface area contributed by atoms with Crippen LogP contribution in [0.5, 0.6) is 11.5 Å². The number of amides is 1. The first kappa shape index (κ1) is 24.2. The molecule has 0 saturated carbocycles. The predicted octanol–water partition coefficient (Wildman–Crippen LogP) is 3.58. The SMILES string of the molecule is C=CCn1c(=NC(=O)C2CCCN2S(=O)(=O)c2ccc(OC)cc2)sc2cc(OCC)ccc21. The number of carbonyl (C=O) groups is 1. The van der Waals surface area contributed by atoms with Crippen molar-refractivity contribution in [3.05, 3.63) is 59.9 Å². The molecule has 0 radical (unpaired) electrons. The van der Waals surface area contributed by atoms with E-state index >= 15 is 0 Å². The number of hydrogen-bond acceptors (Lipinski definition) is 6. The summed E-state index contributed by atoms with van der Waals surface area (Å²) in [4.78, 5) is 18.3. The Morgan fingerprint density at radius 2 is 1.97 bits per heavy atom. The fourth-order valence-electron chi connectivity index (χ4n) is 4.03. The number of ether oxygens (including phenoxy) is 2. The second-order valence-corrected chi connectivity index (χ2v) is 10.6. The highest BCUT2D eigenvalue weighted by Gasteiger charge is 2.39. The number of aromatic nitrogens is 1. The third-order valence-electron chi connectivity index (χ3n) is 5.64. The van der Waals surface area contributed by atoms with Gasteiger partial charge in [0.15, 0.2) is 4.80 Å². The van der Waals surface area contributed by atoms with E-state index in [1.807, 2.05) is 29.7 Å². The van der Waals surface area contributed by atoms with Gasteiger partial charge in [-0.15, -0.1) is 6.58 Å². The standard InChI is InChI=1S/C24H27N3O5S2/c1-4-14-26-20-13-10-18(32-5-2)16-22(20)33-24(26)25-23(28)21-7-6-15-27(21)34(29,30)19-11-8-17(31-3)9-12-19/h4,8-13,16,21H,1,5-7,14-15H2,2-3H3. The van der Waals surface area contributed by atoms with Gasteiger partial charge >= 0.3 is 0 Å². The molecule has 1 atom stereocenters. The number of nitrogens with zero attached hydrogens (tertiary/aromatic N) is 3. The van der Waals surface area contributed by atoms with E-state index in [9.17, 15) is 13.2 Å². The Bertz CT molecular complexity index is 1370. The van der Waals surface area contributed by atoms with E-state index in [4.69, 9.17) is 9.47 Å². The summed E-state index contributed by atoms with van der Waals surface area (Å²) in [5, 5.41) is 0. The summed E-state index contributed by atoms with van der Waals surface area (Å²) < 4.78 is 41.3. The molecule has 34 heavy (non-hydrogen) atoms. The maximum atomic E-state index is 13.3. The number of fused-ring (bicyclic) bond motifs is 1. The first-order chi connectivity index (χ1) is 16.4. The smallest absolute Gasteiger partial charge is 0.266 e. The van der Waals surface area contributed by atoms with Crippen LogP contribution in [0.15, 0.2) is 65.0 Å². The molecule has 3 aromatic rings. The molecule has 0 aliphatic carbocycles. The Kier molecular flexibility index (Phi) is 7.20. The molecule has 1 unspecified atom stereocenters. The van der Waals surface area contributed by atoms with Crippen molar-refractivity contribution in [1.82, 2.24) is 8.87 Å². The number of thiazole rings is 1. The molecule has 1 saturated heterocycles. The van der Waals surface area contributed by atoms with E-state index in [1.165, 1.54) is 34.9 Å². The lowest BCUT2D eigenvalue weighted by Gasteiger charge is -2.21. The summed E-state index contributed by atoms with van der Waals surface area (Å²) in [6.07, 6.45) is 2.76. The van der Waals surface area contributed by atoms with E-state index < -0.39 is 22.0 Å². The van der Waals surface area contributed by atoms with Crippen molar-refractivity contribution < 1.29 is 22.7 Å². The van der Waals surface area contributed by atoms with Crippen molar-refractivity contribution in [1.29, 1.82) is 0 Å². The molecule has 2 heterocycles. The van der Waals surface area contributed by atoms with Crippen LogP contribution in [0, 0.1) is 0 Å². The van der Waals surface area contributed by atoms with Crippen LogP contribution in [-0.2, 0) is 21.4 Å². The van der Waals surface area contributed by atoms with Crippen LogP contribution >= 0.6 is 11.3 Å². The van der Waals surface area contributed by atoms with E-state index in [1.54, 1.807) is 18.2 Å². The van der Waals surface area contributed by atoms with E-state index in [0.717, 1.165) is 16.0 Å². The summed E-state index contributed by atoms with van der Waals surface area (Å²) in [5.41, 5.74) is 0.911. The minimum Gasteiger partial charge on any atom is -0.497 e. The number of benzene rings is 2. The van der Waals surface area contributed by atoms with Gasteiger partial charge in [-0.05, 0) is 62.2 Å². The second kappa shape index (κ2) is 10.1. The van der Waals surface area contributed by atoms with Gasteiger partial charge in [0.05, 0.1) is 28.8 Å². The molecule has 1 fully saturated rings. The number of rotatable bonds is 8. The van der Waals surface area contributed by atoms with Gasteiger partial charge in [-0.25, -0.2) is 8.42 Å². The van der Waals surface area contributed by atoms with Gasteiger partial charge in [-0.2, -0.15) is 9.30 Å². The Hall–Kier alpha value is -2.95. The zero-order valence-electron chi connectivity index (χ0n) is 19.1. The van der Waals surface area contributed by atoms with Crippen LogP contribution in [0.3, 0.4) is 0 Å². The van der Waals surface area contributed by atoms with Crippen molar-refractivity contribution in [3.8, 4) is 11.5 Å². The highest BCUT2D eigenvalue weighted by molar-refractivity contribution is 7.89. The molecule has 1 aliphatic heterocycles. The molecule has 2 aromatic carbocycles. The first-order valence-electron chi connectivity index (χ1n) is 11.0. The lowest BCUT2D eigenvalue weighted by molar-refractivity contribution is -0.121. The maximum absolute atomic E-state index is 13.3. The van der Waals surface area contributed by atoms with Crippen LogP contribution < -0.4 is 14.3 Å². The Balaban J connectivity index is 1.69. The van der Waals surface area contributed by atoms with Gasteiger partial charge in [0.2, 0.25) is 10.0 Å². The molecule has 1 amide bonds. The van der Waals surface area contributed by atoms with Gasteiger partial charge in [-0.1, -0.05) is 17.4 Å². The predicted molar refractivity (Wildman–Crippen MR) is 132 cm³/mol. The average molecular weight is 502 g/mol. The van der Waals surface area contributed by atoms with Gasteiger partial charge in [0, 0.05) is 13.1 Å². The summed E-state index contributed by atoms with van der Waals surface area (Å²) in [6, 6.07) is 11.1. The Morgan fingerprint density at radius 1 is 1.24 bits per heavy atom. The van der Waals surface area contributed by atoms with Gasteiger partial charge in [0.25, 0.3) is 5.91 Å².